The third kappa shape index (κ3) is 7.46. The zero-order chi connectivity index (χ0) is 14.6. The van der Waals surface area contributed by atoms with E-state index in [-0.39, 0.29) is 23.1 Å². The number of rotatable bonds is 5. The molecule has 0 aromatic carbocycles. The molecule has 0 fully saturated rings. The van der Waals surface area contributed by atoms with Crippen molar-refractivity contribution in [2.75, 3.05) is 0 Å². The molecule has 3 heteroatoms. The van der Waals surface area contributed by atoms with Crippen LogP contribution in [0.25, 0.3) is 0 Å². The minimum atomic E-state index is -0.455. The van der Waals surface area contributed by atoms with Crippen LogP contribution in [0.3, 0.4) is 0 Å². The highest BCUT2D eigenvalue weighted by molar-refractivity contribution is 5.84. The first-order chi connectivity index (χ1) is 7.95. The average Bonchev–Trinajstić information content (AvgIpc) is 2.11. The standard InChI is InChI=1S/C15H28O3/c1-8-11(9-12(16)14(2,3)4)10-13(17)18-15(5,6)7/h11H,8-10H2,1-7H3/t11-/m1/s1. The van der Waals surface area contributed by atoms with Gasteiger partial charge in [-0.05, 0) is 26.7 Å². The topological polar surface area (TPSA) is 43.4 Å². The van der Waals surface area contributed by atoms with Crippen molar-refractivity contribution in [3.05, 3.63) is 0 Å². The fraction of sp³-hybridized carbons (Fsp3) is 0.867. The van der Waals surface area contributed by atoms with Gasteiger partial charge in [0.25, 0.3) is 0 Å². The van der Waals surface area contributed by atoms with Gasteiger partial charge >= 0.3 is 5.97 Å². The molecular formula is C15H28O3. The molecule has 0 rings (SSSR count). The van der Waals surface area contributed by atoms with Gasteiger partial charge in [-0.25, -0.2) is 0 Å². The summed E-state index contributed by atoms with van der Waals surface area (Å²) in [6, 6.07) is 0. The lowest BCUT2D eigenvalue weighted by Crippen LogP contribution is -2.27. The molecule has 106 valence electrons. The highest BCUT2D eigenvalue weighted by Crippen LogP contribution is 2.24. The molecule has 0 bridgehead atoms. The van der Waals surface area contributed by atoms with Crippen LogP contribution in [0.2, 0.25) is 0 Å². The van der Waals surface area contributed by atoms with E-state index < -0.39 is 5.60 Å². The maximum Gasteiger partial charge on any atom is 0.306 e. The Hall–Kier alpha value is -0.860. The van der Waals surface area contributed by atoms with Crippen LogP contribution >= 0.6 is 0 Å². The monoisotopic (exact) mass is 256 g/mol. The third-order valence-electron chi connectivity index (χ3n) is 2.76. The zero-order valence-electron chi connectivity index (χ0n) is 12.9. The van der Waals surface area contributed by atoms with E-state index in [4.69, 9.17) is 4.74 Å². The number of ketones is 1. The summed E-state index contributed by atoms with van der Waals surface area (Å²) in [6.45, 7) is 13.3. The average molecular weight is 256 g/mol. The summed E-state index contributed by atoms with van der Waals surface area (Å²) in [7, 11) is 0. The van der Waals surface area contributed by atoms with E-state index in [1.165, 1.54) is 0 Å². The number of Topliss-reactive ketones (excluding diaryl/α,β-unsaturated/α-hetero) is 1. The Morgan fingerprint density at radius 1 is 1.00 bits per heavy atom. The van der Waals surface area contributed by atoms with Crippen molar-refractivity contribution >= 4 is 11.8 Å². The van der Waals surface area contributed by atoms with Crippen LogP contribution in [0.4, 0.5) is 0 Å². The maximum atomic E-state index is 11.9. The predicted octanol–water partition coefficient (Wildman–Crippen LogP) is 3.75. The highest BCUT2D eigenvalue weighted by atomic mass is 16.6. The summed E-state index contributed by atoms with van der Waals surface area (Å²) in [4.78, 5) is 23.7. The Morgan fingerprint density at radius 2 is 1.50 bits per heavy atom. The van der Waals surface area contributed by atoms with Gasteiger partial charge in [0.2, 0.25) is 0 Å². The number of carbonyl (C=O) groups excluding carboxylic acids is 2. The molecule has 0 aliphatic heterocycles. The molecule has 0 aromatic rings. The van der Waals surface area contributed by atoms with Crippen LogP contribution in [-0.4, -0.2) is 17.4 Å². The summed E-state index contributed by atoms with van der Waals surface area (Å²) >= 11 is 0. The third-order valence-corrected chi connectivity index (χ3v) is 2.76. The second kappa shape index (κ2) is 6.35. The first-order valence-corrected chi connectivity index (χ1v) is 6.71. The number of esters is 1. The van der Waals surface area contributed by atoms with Gasteiger partial charge in [-0.3, -0.25) is 9.59 Å². The minimum Gasteiger partial charge on any atom is -0.460 e. The fourth-order valence-corrected chi connectivity index (χ4v) is 1.55. The Balaban J connectivity index is 4.37. The molecule has 0 unspecified atom stereocenters. The number of ether oxygens (including phenoxy) is 1. The van der Waals surface area contributed by atoms with E-state index in [2.05, 4.69) is 0 Å². The molecule has 1 atom stereocenters. The van der Waals surface area contributed by atoms with E-state index in [0.29, 0.717) is 12.8 Å². The second-order valence-corrected chi connectivity index (χ2v) is 6.94. The van der Waals surface area contributed by atoms with Crippen LogP contribution in [0.15, 0.2) is 0 Å². The summed E-state index contributed by atoms with van der Waals surface area (Å²) < 4.78 is 5.29. The number of carbonyl (C=O) groups is 2. The van der Waals surface area contributed by atoms with Crippen LogP contribution < -0.4 is 0 Å². The van der Waals surface area contributed by atoms with Crippen LogP contribution in [-0.2, 0) is 14.3 Å². The van der Waals surface area contributed by atoms with Crippen molar-refractivity contribution in [2.45, 2.75) is 73.3 Å². The molecular weight excluding hydrogens is 228 g/mol. The highest BCUT2D eigenvalue weighted by Gasteiger charge is 2.26. The molecule has 0 amide bonds. The molecule has 18 heavy (non-hydrogen) atoms. The molecule has 0 N–H and O–H groups in total. The van der Waals surface area contributed by atoms with Crippen molar-refractivity contribution in [1.82, 2.24) is 0 Å². The Morgan fingerprint density at radius 3 is 1.83 bits per heavy atom. The summed E-state index contributed by atoms with van der Waals surface area (Å²) in [5, 5.41) is 0. The van der Waals surface area contributed by atoms with Crippen molar-refractivity contribution in [3.8, 4) is 0 Å². The first kappa shape index (κ1) is 17.1. The van der Waals surface area contributed by atoms with Crippen LogP contribution in [0, 0.1) is 11.3 Å². The molecule has 0 aliphatic carbocycles. The zero-order valence-corrected chi connectivity index (χ0v) is 12.9. The largest absolute Gasteiger partial charge is 0.460 e. The predicted molar refractivity (Wildman–Crippen MR) is 73.3 cm³/mol. The molecule has 0 saturated heterocycles. The van der Waals surface area contributed by atoms with Crippen molar-refractivity contribution in [1.29, 1.82) is 0 Å². The molecule has 0 aliphatic rings. The molecule has 0 radical (unpaired) electrons. The van der Waals surface area contributed by atoms with Gasteiger partial charge in [-0.15, -0.1) is 0 Å². The maximum absolute atomic E-state index is 11.9. The lowest BCUT2D eigenvalue weighted by Gasteiger charge is -2.23. The van der Waals surface area contributed by atoms with Crippen molar-refractivity contribution in [2.24, 2.45) is 11.3 Å². The normalized spacial score (nSPS) is 14.2. The van der Waals surface area contributed by atoms with E-state index in [9.17, 15) is 9.59 Å². The number of hydrogen-bond acceptors (Lipinski definition) is 3. The van der Waals surface area contributed by atoms with E-state index >= 15 is 0 Å². The lowest BCUT2D eigenvalue weighted by molar-refractivity contribution is -0.156. The van der Waals surface area contributed by atoms with Crippen LogP contribution in [0.1, 0.15) is 67.7 Å². The Labute approximate surface area is 111 Å². The Kier molecular flexibility index (Phi) is 6.05. The molecule has 0 aromatic heterocycles. The van der Waals surface area contributed by atoms with Gasteiger partial charge in [0.1, 0.15) is 11.4 Å². The molecule has 0 saturated carbocycles. The first-order valence-electron chi connectivity index (χ1n) is 6.71. The summed E-state index contributed by atoms with van der Waals surface area (Å²) in [5.74, 6) is 0.0838. The lowest BCUT2D eigenvalue weighted by atomic mass is 9.83. The van der Waals surface area contributed by atoms with Gasteiger partial charge in [-0.1, -0.05) is 34.1 Å². The fourth-order valence-electron chi connectivity index (χ4n) is 1.55. The quantitative estimate of drug-likeness (QED) is 0.704. The van der Waals surface area contributed by atoms with E-state index in [0.717, 1.165) is 6.42 Å². The second-order valence-electron chi connectivity index (χ2n) is 6.94. The minimum absolute atomic E-state index is 0.0894. The molecule has 3 nitrogen and oxygen atoms in total. The summed E-state index contributed by atoms with van der Waals surface area (Å²) in [6.07, 6.45) is 1.61. The smallest absolute Gasteiger partial charge is 0.306 e. The van der Waals surface area contributed by atoms with Gasteiger partial charge in [0, 0.05) is 18.3 Å². The van der Waals surface area contributed by atoms with Gasteiger partial charge in [0.15, 0.2) is 0 Å². The van der Waals surface area contributed by atoms with Gasteiger partial charge in [0.05, 0.1) is 0 Å². The van der Waals surface area contributed by atoms with Gasteiger partial charge < -0.3 is 4.74 Å². The van der Waals surface area contributed by atoms with Crippen molar-refractivity contribution in [3.63, 3.8) is 0 Å². The molecule has 0 spiro atoms. The van der Waals surface area contributed by atoms with E-state index in [1.807, 2.05) is 48.5 Å². The van der Waals surface area contributed by atoms with Crippen LogP contribution in [0.5, 0.6) is 0 Å². The Bertz CT molecular complexity index is 292. The SMILES string of the molecule is CC[C@@H](CC(=O)OC(C)(C)C)CC(=O)C(C)(C)C. The summed E-state index contributed by atoms with van der Waals surface area (Å²) in [5.41, 5.74) is -0.787. The molecule has 0 heterocycles. The van der Waals surface area contributed by atoms with Gasteiger partial charge in [-0.2, -0.15) is 0 Å². The number of hydrogen-bond donors (Lipinski definition) is 0. The van der Waals surface area contributed by atoms with E-state index in [1.54, 1.807) is 0 Å². The van der Waals surface area contributed by atoms with Crippen molar-refractivity contribution < 1.29 is 14.3 Å².